The fourth-order valence-electron chi connectivity index (χ4n) is 3.14. The predicted octanol–water partition coefficient (Wildman–Crippen LogP) is 4.19. The topological polar surface area (TPSA) is 88.1 Å². The molecule has 1 aromatic carbocycles. The van der Waals surface area contributed by atoms with Crippen LogP contribution in [0.25, 0.3) is 0 Å². The molecular weight excluding hydrogens is 410 g/mol. The number of anilines is 1. The van der Waals surface area contributed by atoms with E-state index in [1.165, 1.54) is 4.90 Å². The molecule has 1 atom stereocenters. The number of carbonyl (C=O) groups is 2. The summed E-state index contributed by atoms with van der Waals surface area (Å²) in [6.07, 6.45) is 4.81. The van der Waals surface area contributed by atoms with Gasteiger partial charge in [-0.15, -0.1) is 5.10 Å². The number of nitrogens with one attached hydrogen (secondary N) is 1. The minimum Gasteiger partial charge on any atom is -0.349 e. The zero-order chi connectivity index (χ0) is 22.4. The lowest BCUT2D eigenvalue weighted by Crippen LogP contribution is -2.50. The lowest BCUT2D eigenvalue weighted by molar-refractivity contribution is -0.124. The van der Waals surface area contributed by atoms with E-state index in [0.29, 0.717) is 11.3 Å². The number of nitrogens with zero attached hydrogens (tertiary/aromatic N) is 4. The first-order valence-corrected chi connectivity index (χ1v) is 11.1. The highest BCUT2D eigenvalue weighted by Crippen LogP contribution is 2.31. The van der Waals surface area contributed by atoms with Gasteiger partial charge in [0.2, 0.25) is 5.91 Å². The highest BCUT2D eigenvalue weighted by molar-refractivity contribution is 7.03. The van der Waals surface area contributed by atoms with Crippen molar-refractivity contribution in [1.29, 1.82) is 0 Å². The van der Waals surface area contributed by atoms with Gasteiger partial charge in [0.05, 0.1) is 0 Å². The molecule has 0 aliphatic carbocycles. The fourth-order valence-corrected chi connectivity index (χ4v) is 3.57. The summed E-state index contributed by atoms with van der Waals surface area (Å²) in [7, 11) is 0. The zero-order valence-corrected chi connectivity index (χ0v) is 19.0. The number of pyridine rings is 1. The van der Waals surface area contributed by atoms with Crippen LogP contribution in [0.2, 0.25) is 0 Å². The summed E-state index contributed by atoms with van der Waals surface area (Å²) in [6.45, 7) is 7.97. The van der Waals surface area contributed by atoms with Crippen molar-refractivity contribution in [2.45, 2.75) is 52.1 Å². The van der Waals surface area contributed by atoms with Gasteiger partial charge in [-0.3, -0.25) is 19.5 Å². The second-order valence-electron chi connectivity index (χ2n) is 7.90. The van der Waals surface area contributed by atoms with Crippen molar-refractivity contribution in [2.75, 3.05) is 4.90 Å². The summed E-state index contributed by atoms with van der Waals surface area (Å²) in [5.74, 6) is -0.668. The van der Waals surface area contributed by atoms with Crippen LogP contribution in [0.1, 0.15) is 61.8 Å². The number of benzene rings is 1. The monoisotopic (exact) mass is 437 g/mol. The van der Waals surface area contributed by atoms with Crippen LogP contribution in [-0.4, -0.2) is 31.9 Å². The third-order valence-corrected chi connectivity index (χ3v) is 5.75. The molecule has 0 radical (unpaired) electrons. The maximum absolute atomic E-state index is 13.6. The number of amides is 2. The van der Waals surface area contributed by atoms with Gasteiger partial charge in [-0.05, 0) is 62.0 Å². The van der Waals surface area contributed by atoms with E-state index in [1.807, 2.05) is 52.0 Å². The van der Waals surface area contributed by atoms with E-state index < -0.39 is 11.6 Å². The van der Waals surface area contributed by atoms with E-state index in [-0.39, 0.29) is 17.5 Å². The quantitative estimate of drug-likeness (QED) is 0.571. The van der Waals surface area contributed by atoms with Crippen LogP contribution < -0.4 is 10.2 Å². The molecule has 0 aliphatic heterocycles. The van der Waals surface area contributed by atoms with Crippen LogP contribution in [-0.2, 0) is 11.2 Å². The molecule has 0 bridgehead atoms. The van der Waals surface area contributed by atoms with Crippen molar-refractivity contribution in [3.8, 4) is 0 Å². The molecule has 0 fully saturated rings. The van der Waals surface area contributed by atoms with Crippen LogP contribution >= 0.6 is 11.5 Å². The highest BCUT2D eigenvalue weighted by atomic mass is 32.1. The second kappa shape index (κ2) is 9.78. The third-order valence-electron chi connectivity index (χ3n) is 5.25. The number of hydrogen-bond acceptors (Lipinski definition) is 6. The normalized spacial score (nSPS) is 12.3. The summed E-state index contributed by atoms with van der Waals surface area (Å²) in [6, 6.07) is 10.3. The zero-order valence-electron chi connectivity index (χ0n) is 18.2. The van der Waals surface area contributed by atoms with E-state index >= 15 is 0 Å². The van der Waals surface area contributed by atoms with E-state index in [4.69, 9.17) is 0 Å². The van der Waals surface area contributed by atoms with E-state index in [1.54, 1.807) is 29.9 Å². The molecule has 162 valence electrons. The summed E-state index contributed by atoms with van der Waals surface area (Å²) >= 11 is 1.10. The Morgan fingerprint density at radius 1 is 1.19 bits per heavy atom. The Labute approximate surface area is 186 Å². The van der Waals surface area contributed by atoms with Gasteiger partial charge >= 0.3 is 0 Å². The second-order valence-corrected chi connectivity index (χ2v) is 8.51. The van der Waals surface area contributed by atoms with Crippen LogP contribution in [0, 0.1) is 0 Å². The van der Waals surface area contributed by atoms with Crippen molar-refractivity contribution < 1.29 is 9.59 Å². The first-order chi connectivity index (χ1) is 14.9. The van der Waals surface area contributed by atoms with Gasteiger partial charge in [0.25, 0.3) is 5.91 Å². The SMILES string of the molecule is CCc1cccc(N(C(=O)c2csnn2)C(C(=O)NC(C)(C)CC)c2cccnc2)c1. The minimum atomic E-state index is -0.916. The summed E-state index contributed by atoms with van der Waals surface area (Å²) in [5.41, 5.74) is 2.06. The van der Waals surface area contributed by atoms with Crippen LogP contribution in [0.5, 0.6) is 0 Å². The van der Waals surface area contributed by atoms with Gasteiger partial charge < -0.3 is 5.32 Å². The van der Waals surface area contributed by atoms with Gasteiger partial charge in [-0.1, -0.05) is 36.5 Å². The Morgan fingerprint density at radius 3 is 2.61 bits per heavy atom. The summed E-state index contributed by atoms with van der Waals surface area (Å²) in [5, 5.41) is 8.64. The first-order valence-electron chi connectivity index (χ1n) is 10.3. The maximum Gasteiger partial charge on any atom is 0.280 e. The molecular formula is C23H27N5O2S. The van der Waals surface area contributed by atoms with E-state index in [2.05, 4.69) is 19.9 Å². The molecule has 2 heterocycles. The van der Waals surface area contributed by atoms with Crippen molar-refractivity contribution >= 4 is 29.0 Å². The molecule has 31 heavy (non-hydrogen) atoms. The lowest BCUT2D eigenvalue weighted by atomic mass is 9.98. The first kappa shape index (κ1) is 22.6. The molecule has 0 aliphatic rings. The molecule has 1 unspecified atom stereocenters. The predicted molar refractivity (Wildman–Crippen MR) is 122 cm³/mol. The van der Waals surface area contributed by atoms with Gasteiger partial charge in [-0.2, -0.15) is 0 Å². The average Bonchev–Trinajstić information content (AvgIpc) is 3.32. The average molecular weight is 438 g/mol. The summed E-state index contributed by atoms with van der Waals surface area (Å²) in [4.78, 5) is 32.9. The standard InChI is InChI=1S/C23H27N5O2S/c1-5-16-9-7-11-18(13-16)28(22(30)19-15-31-27-26-19)20(17-10-8-12-24-14-17)21(29)25-23(3,4)6-2/h7-15,20H,5-6H2,1-4H3,(H,25,29). The Kier molecular flexibility index (Phi) is 7.12. The van der Waals surface area contributed by atoms with Gasteiger partial charge in [0.15, 0.2) is 5.69 Å². The third kappa shape index (κ3) is 5.32. The van der Waals surface area contributed by atoms with Crippen LogP contribution in [0.3, 0.4) is 0 Å². The molecule has 3 aromatic rings. The molecule has 3 rings (SSSR count). The fraction of sp³-hybridized carbons (Fsp3) is 0.348. The van der Waals surface area contributed by atoms with Crippen LogP contribution in [0.4, 0.5) is 5.69 Å². The van der Waals surface area contributed by atoms with E-state index in [9.17, 15) is 9.59 Å². The van der Waals surface area contributed by atoms with Crippen molar-refractivity contribution in [3.63, 3.8) is 0 Å². The Hall–Kier alpha value is -3.13. The molecule has 2 amide bonds. The Morgan fingerprint density at radius 2 is 2.00 bits per heavy atom. The van der Waals surface area contributed by atoms with Gasteiger partial charge in [-0.25, -0.2) is 0 Å². The van der Waals surface area contributed by atoms with Crippen molar-refractivity contribution in [2.24, 2.45) is 0 Å². The number of aromatic nitrogens is 3. The van der Waals surface area contributed by atoms with Crippen molar-refractivity contribution in [1.82, 2.24) is 19.9 Å². The molecule has 2 aromatic heterocycles. The van der Waals surface area contributed by atoms with E-state index in [0.717, 1.165) is 29.9 Å². The minimum absolute atomic E-state index is 0.198. The maximum atomic E-state index is 13.6. The number of aryl methyl sites for hydroxylation is 1. The Bertz CT molecular complexity index is 1020. The number of hydrogen-bond donors (Lipinski definition) is 1. The molecule has 0 saturated heterocycles. The lowest BCUT2D eigenvalue weighted by Gasteiger charge is -2.34. The smallest absolute Gasteiger partial charge is 0.280 e. The molecule has 0 saturated carbocycles. The van der Waals surface area contributed by atoms with Crippen LogP contribution in [0.15, 0.2) is 54.2 Å². The molecule has 8 heteroatoms. The Balaban J connectivity index is 2.16. The van der Waals surface area contributed by atoms with Gasteiger partial charge in [0.1, 0.15) is 6.04 Å². The van der Waals surface area contributed by atoms with Crippen molar-refractivity contribution in [3.05, 3.63) is 71.0 Å². The summed E-state index contributed by atoms with van der Waals surface area (Å²) < 4.78 is 3.83. The largest absolute Gasteiger partial charge is 0.349 e. The number of rotatable bonds is 8. The molecule has 7 nitrogen and oxygen atoms in total. The highest BCUT2D eigenvalue weighted by Gasteiger charge is 2.36. The number of carbonyl (C=O) groups excluding carboxylic acids is 2. The molecule has 0 spiro atoms. The molecule has 1 N–H and O–H groups in total. The van der Waals surface area contributed by atoms with Gasteiger partial charge in [0, 0.05) is 34.6 Å².